The monoisotopic (exact) mass is 309 g/mol. The number of halogens is 1. The van der Waals surface area contributed by atoms with Crippen LogP contribution in [-0.4, -0.2) is 54.5 Å². The molecule has 1 aromatic carbocycles. The number of hydrogen-bond acceptors (Lipinski definition) is 3. The number of likely N-dealkylation sites (N-methyl/N-ethyl adjacent to an activating group) is 1. The molecule has 0 saturated carbocycles. The van der Waals surface area contributed by atoms with Gasteiger partial charge in [-0.1, -0.05) is 23.7 Å². The molecule has 1 fully saturated rings. The summed E-state index contributed by atoms with van der Waals surface area (Å²) in [6.45, 7) is 8.15. The van der Waals surface area contributed by atoms with Crippen molar-refractivity contribution in [2.45, 2.75) is 25.9 Å². The maximum absolute atomic E-state index is 12.4. The minimum Gasteiger partial charge on any atom is -0.340 e. The highest BCUT2D eigenvalue weighted by Gasteiger charge is 2.31. The average Bonchev–Trinajstić information content (AvgIpc) is 2.41. The van der Waals surface area contributed by atoms with Crippen LogP contribution in [0.4, 0.5) is 0 Å². The molecule has 1 amide bonds. The third-order valence-electron chi connectivity index (χ3n) is 4.03. The van der Waals surface area contributed by atoms with Gasteiger partial charge in [0.15, 0.2) is 0 Å². The second-order valence-corrected chi connectivity index (χ2v) is 6.73. The van der Waals surface area contributed by atoms with Crippen LogP contribution >= 0.6 is 11.6 Å². The number of piperazine rings is 1. The largest absolute Gasteiger partial charge is 0.340 e. The van der Waals surface area contributed by atoms with Gasteiger partial charge in [-0.3, -0.25) is 9.69 Å². The molecule has 0 bridgehead atoms. The van der Waals surface area contributed by atoms with E-state index in [-0.39, 0.29) is 11.4 Å². The van der Waals surface area contributed by atoms with Crippen molar-refractivity contribution in [1.82, 2.24) is 15.1 Å². The Balaban J connectivity index is 1.93. The summed E-state index contributed by atoms with van der Waals surface area (Å²) in [6.07, 6.45) is 0. The van der Waals surface area contributed by atoms with Gasteiger partial charge in [0, 0.05) is 43.8 Å². The standard InChI is InChI=1S/C16H24ClN3O/c1-16(2)12-18-7-8-20(16)11-15(21)19(3)10-13-5-4-6-14(17)9-13/h4-6,9,18H,7-8,10-12H2,1-3H3. The summed E-state index contributed by atoms with van der Waals surface area (Å²) in [5.41, 5.74) is 1.07. The van der Waals surface area contributed by atoms with Gasteiger partial charge in [-0.2, -0.15) is 0 Å². The van der Waals surface area contributed by atoms with Crippen LogP contribution < -0.4 is 5.32 Å². The van der Waals surface area contributed by atoms with E-state index in [0.29, 0.717) is 18.1 Å². The summed E-state index contributed by atoms with van der Waals surface area (Å²) >= 11 is 5.98. The van der Waals surface area contributed by atoms with Crippen LogP contribution in [0.1, 0.15) is 19.4 Å². The van der Waals surface area contributed by atoms with Crippen LogP contribution in [0.5, 0.6) is 0 Å². The fourth-order valence-corrected chi connectivity index (χ4v) is 2.81. The molecule has 2 rings (SSSR count). The molecule has 21 heavy (non-hydrogen) atoms. The predicted octanol–water partition coefficient (Wildman–Crippen LogP) is 1.98. The molecule has 1 N–H and O–H groups in total. The van der Waals surface area contributed by atoms with Crippen LogP contribution in [0.3, 0.4) is 0 Å². The van der Waals surface area contributed by atoms with Gasteiger partial charge < -0.3 is 10.2 Å². The fraction of sp³-hybridized carbons (Fsp3) is 0.562. The van der Waals surface area contributed by atoms with E-state index in [2.05, 4.69) is 24.1 Å². The number of nitrogens with one attached hydrogen (secondary N) is 1. The fourth-order valence-electron chi connectivity index (χ4n) is 2.60. The summed E-state index contributed by atoms with van der Waals surface area (Å²) < 4.78 is 0. The van der Waals surface area contributed by atoms with E-state index in [4.69, 9.17) is 11.6 Å². The third kappa shape index (κ3) is 4.43. The third-order valence-corrected chi connectivity index (χ3v) is 4.27. The van der Waals surface area contributed by atoms with Crippen molar-refractivity contribution in [1.29, 1.82) is 0 Å². The summed E-state index contributed by atoms with van der Waals surface area (Å²) in [5.74, 6) is 0.143. The number of carbonyl (C=O) groups is 1. The average molecular weight is 310 g/mol. The summed E-state index contributed by atoms with van der Waals surface area (Å²) in [4.78, 5) is 16.4. The smallest absolute Gasteiger partial charge is 0.236 e. The van der Waals surface area contributed by atoms with Crippen molar-refractivity contribution in [3.63, 3.8) is 0 Å². The molecule has 0 atom stereocenters. The molecule has 0 aromatic heterocycles. The topological polar surface area (TPSA) is 35.6 Å². The number of carbonyl (C=O) groups excluding carboxylic acids is 1. The van der Waals surface area contributed by atoms with Crippen LogP contribution in [0.2, 0.25) is 5.02 Å². The molecule has 5 heteroatoms. The van der Waals surface area contributed by atoms with Gasteiger partial charge in [-0.15, -0.1) is 0 Å². The summed E-state index contributed by atoms with van der Waals surface area (Å²) in [7, 11) is 1.85. The molecule has 1 aliphatic rings. The van der Waals surface area contributed by atoms with Crippen molar-refractivity contribution >= 4 is 17.5 Å². The summed E-state index contributed by atoms with van der Waals surface area (Å²) in [6, 6.07) is 7.65. The Hall–Kier alpha value is -1.10. The molecule has 1 aromatic rings. The zero-order chi connectivity index (χ0) is 15.5. The van der Waals surface area contributed by atoms with E-state index in [1.165, 1.54) is 0 Å². The highest BCUT2D eigenvalue weighted by Crippen LogP contribution is 2.17. The van der Waals surface area contributed by atoms with Gasteiger partial charge in [0.25, 0.3) is 0 Å². The number of rotatable bonds is 4. The van der Waals surface area contributed by atoms with Gasteiger partial charge in [-0.05, 0) is 31.5 Å². The van der Waals surface area contributed by atoms with Crippen molar-refractivity contribution in [3.05, 3.63) is 34.9 Å². The van der Waals surface area contributed by atoms with Crippen molar-refractivity contribution < 1.29 is 4.79 Å². The number of amides is 1. The Morgan fingerprint density at radius 3 is 2.90 bits per heavy atom. The van der Waals surface area contributed by atoms with Crippen molar-refractivity contribution in [2.75, 3.05) is 33.2 Å². The zero-order valence-electron chi connectivity index (χ0n) is 13.0. The van der Waals surface area contributed by atoms with E-state index in [0.717, 1.165) is 25.2 Å². The maximum atomic E-state index is 12.4. The molecule has 1 aliphatic heterocycles. The first-order chi connectivity index (χ1) is 9.88. The van der Waals surface area contributed by atoms with Gasteiger partial charge in [0.05, 0.1) is 6.54 Å². The lowest BCUT2D eigenvalue weighted by atomic mass is 10.0. The van der Waals surface area contributed by atoms with E-state index in [1.807, 2.05) is 31.3 Å². The first kappa shape index (κ1) is 16.3. The number of nitrogens with zero attached hydrogens (tertiary/aromatic N) is 2. The molecule has 1 heterocycles. The molecular formula is C16H24ClN3O. The Kier molecular flexibility index (Phi) is 5.25. The molecule has 0 aliphatic carbocycles. The van der Waals surface area contributed by atoms with Gasteiger partial charge >= 0.3 is 0 Å². The number of benzene rings is 1. The Bertz CT molecular complexity index is 504. The first-order valence-electron chi connectivity index (χ1n) is 7.33. The Morgan fingerprint density at radius 1 is 1.48 bits per heavy atom. The van der Waals surface area contributed by atoms with Crippen molar-refractivity contribution in [2.24, 2.45) is 0 Å². The molecule has 116 valence electrons. The van der Waals surface area contributed by atoms with Crippen LogP contribution in [0.15, 0.2) is 24.3 Å². The lowest BCUT2D eigenvalue weighted by molar-refractivity contribution is -0.133. The predicted molar refractivity (Wildman–Crippen MR) is 86.4 cm³/mol. The van der Waals surface area contributed by atoms with Crippen LogP contribution in [0, 0.1) is 0 Å². The normalized spacial score (nSPS) is 18.5. The Morgan fingerprint density at radius 2 is 2.24 bits per heavy atom. The van der Waals surface area contributed by atoms with Gasteiger partial charge in [0.2, 0.25) is 5.91 Å². The van der Waals surface area contributed by atoms with E-state index < -0.39 is 0 Å². The minimum absolute atomic E-state index is 0.0187. The second kappa shape index (κ2) is 6.77. The van der Waals surface area contributed by atoms with Crippen molar-refractivity contribution in [3.8, 4) is 0 Å². The molecule has 0 radical (unpaired) electrons. The molecule has 0 spiro atoms. The zero-order valence-corrected chi connectivity index (χ0v) is 13.8. The van der Waals surface area contributed by atoms with Crippen LogP contribution in [0.25, 0.3) is 0 Å². The highest BCUT2D eigenvalue weighted by molar-refractivity contribution is 6.30. The second-order valence-electron chi connectivity index (χ2n) is 6.29. The van der Waals surface area contributed by atoms with Gasteiger partial charge in [0.1, 0.15) is 0 Å². The number of hydrogen-bond donors (Lipinski definition) is 1. The maximum Gasteiger partial charge on any atom is 0.236 e. The molecule has 0 unspecified atom stereocenters. The lowest BCUT2D eigenvalue weighted by Gasteiger charge is -2.42. The van der Waals surface area contributed by atoms with E-state index in [9.17, 15) is 4.79 Å². The minimum atomic E-state index is 0.0187. The van der Waals surface area contributed by atoms with E-state index >= 15 is 0 Å². The molecule has 1 saturated heterocycles. The molecular weight excluding hydrogens is 286 g/mol. The SMILES string of the molecule is CN(Cc1cccc(Cl)c1)C(=O)CN1CCNCC1(C)C. The van der Waals surface area contributed by atoms with Gasteiger partial charge in [-0.25, -0.2) is 0 Å². The summed E-state index contributed by atoms with van der Waals surface area (Å²) in [5, 5.41) is 4.08. The Labute approximate surface area is 132 Å². The lowest BCUT2D eigenvalue weighted by Crippen LogP contribution is -2.59. The molecule has 4 nitrogen and oxygen atoms in total. The van der Waals surface area contributed by atoms with E-state index in [1.54, 1.807) is 4.90 Å². The highest BCUT2D eigenvalue weighted by atomic mass is 35.5. The van der Waals surface area contributed by atoms with Crippen LogP contribution in [-0.2, 0) is 11.3 Å². The quantitative estimate of drug-likeness (QED) is 0.924. The first-order valence-corrected chi connectivity index (χ1v) is 7.70.